The number of pyridine rings is 1. The van der Waals surface area contributed by atoms with Crippen molar-refractivity contribution in [2.45, 2.75) is 0 Å². The van der Waals surface area contributed by atoms with Crippen molar-refractivity contribution < 1.29 is 4.79 Å². The first-order valence-electron chi connectivity index (χ1n) is 3.50. The number of halogens is 1. The van der Waals surface area contributed by atoms with Gasteiger partial charge in [-0.3, -0.25) is 10.1 Å². The number of nitrogens with one attached hydrogen (secondary N) is 3. The normalized spacial score (nSPS) is 9.38. The van der Waals surface area contributed by atoms with Gasteiger partial charge in [0.15, 0.2) is 5.43 Å². The molecule has 0 atom stereocenters. The van der Waals surface area contributed by atoms with Gasteiger partial charge in [-0.25, -0.2) is 4.79 Å². The van der Waals surface area contributed by atoms with Crippen LogP contribution in [-0.4, -0.2) is 18.1 Å². The first kappa shape index (κ1) is 9.79. The zero-order valence-electron chi connectivity index (χ0n) is 6.85. The molecule has 5 nitrogen and oxygen atoms in total. The monoisotopic (exact) mass is 245 g/mol. The van der Waals surface area contributed by atoms with E-state index in [4.69, 9.17) is 0 Å². The number of amides is 2. The minimum absolute atomic E-state index is 0.190. The van der Waals surface area contributed by atoms with E-state index in [1.807, 2.05) is 0 Å². The smallest absolute Gasteiger partial charge is 0.320 e. The summed E-state index contributed by atoms with van der Waals surface area (Å²) in [6.07, 6.45) is 1.47. The topological polar surface area (TPSA) is 74.0 Å². The lowest BCUT2D eigenvalue weighted by Crippen LogP contribution is -2.25. The number of rotatable bonds is 1. The Hall–Kier alpha value is -1.30. The molecule has 0 unspecified atom stereocenters. The minimum Gasteiger partial charge on any atom is -0.347 e. The number of hydrogen-bond acceptors (Lipinski definition) is 2. The number of aromatic nitrogens is 1. The molecule has 0 aliphatic carbocycles. The van der Waals surface area contributed by atoms with Gasteiger partial charge in [0.1, 0.15) is 5.82 Å². The van der Waals surface area contributed by atoms with Crippen molar-refractivity contribution in [2.75, 3.05) is 12.4 Å². The van der Waals surface area contributed by atoms with Crippen LogP contribution in [0.4, 0.5) is 10.6 Å². The lowest BCUT2D eigenvalue weighted by molar-refractivity contribution is 0.254. The molecule has 0 saturated carbocycles. The summed E-state index contributed by atoms with van der Waals surface area (Å²) < 4.78 is 0.426. The van der Waals surface area contributed by atoms with Gasteiger partial charge >= 0.3 is 6.03 Å². The minimum atomic E-state index is -0.377. The van der Waals surface area contributed by atoms with Crippen LogP contribution in [0, 0.1) is 0 Å². The molecule has 1 heterocycles. The Bertz CT molecular complexity index is 374. The molecule has 1 aromatic rings. The molecule has 0 radical (unpaired) electrons. The highest BCUT2D eigenvalue weighted by atomic mass is 79.9. The molecule has 0 spiro atoms. The lowest BCUT2D eigenvalue weighted by Gasteiger charge is -2.02. The summed E-state index contributed by atoms with van der Waals surface area (Å²) >= 11 is 3.04. The first-order valence-corrected chi connectivity index (χ1v) is 4.29. The lowest BCUT2D eigenvalue weighted by atomic mass is 10.4. The van der Waals surface area contributed by atoms with Gasteiger partial charge in [0.2, 0.25) is 0 Å². The van der Waals surface area contributed by atoms with Crippen molar-refractivity contribution in [3.05, 3.63) is 27.0 Å². The molecule has 6 heteroatoms. The van der Waals surface area contributed by atoms with Gasteiger partial charge in [0, 0.05) is 19.3 Å². The molecule has 2 amide bonds. The van der Waals surface area contributed by atoms with Crippen LogP contribution in [0.15, 0.2) is 21.5 Å². The summed E-state index contributed by atoms with van der Waals surface area (Å²) in [4.78, 5) is 24.6. The Kier molecular flexibility index (Phi) is 3.07. The van der Waals surface area contributed by atoms with Crippen LogP contribution >= 0.6 is 15.9 Å². The first-order chi connectivity index (χ1) is 6.13. The number of aromatic amines is 1. The van der Waals surface area contributed by atoms with Gasteiger partial charge in [-0.2, -0.15) is 0 Å². The molecular formula is C7H8BrN3O2. The number of hydrogen-bond donors (Lipinski definition) is 3. The molecular weight excluding hydrogens is 238 g/mol. The Morgan fingerprint density at radius 1 is 1.62 bits per heavy atom. The fourth-order valence-electron chi connectivity index (χ4n) is 0.711. The summed E-state index contributed by atoms with van der Waals surface area (Å²) in [7, 11) is 1.49. The Labute approximate surface area is 82.7 Å². The molecule has 13 heavy (non-hydrogen) atoms. The fourth-order valence-corrected chi connectivity index (χ4v) is 0.940. The Balaban J connectivity index is 2.86. The van der Waals surface area contributed by atoms with Gasteiger partial charge in [0.25, 0.3) is 0 Å². The molecule has 70 valence electrons. The third-order valence-electron chi connectivity index (χ3n) is 1.34. The third kappa shape index (κ3) is 2.59. The van der Waals surface area contributed by atoms with Crippen LogP contribution in [0.2, 0.25) is 0 Å². The number of anilines is 1. The number of H-pyrrole nitrogens is 1. The number of carbonyl (C=O) groups is 1. The predicted octanol–water partition coefficient (Wildman–Crippen LogP) is 0.889. The molecule has 0 aliphatic heterocycles. The molecule has 0 saturated heterocycles. The van der Waals surface area contributed by atoms with Crippen LogP contribution < -0.4 is 16.1 Å². The van der Waals surface area contributed by atoms with Crippen molar-refractivity contribution in [1.29, 1.82) is 0 Å². The summed E-state index contributed by atoms with van der Waals surface area (Å²) in [6.45, 7) is 0. The average molecular weight is 246 g/mol. The highest BCUT2D eigenvalue weighted by Crippen LogP contribution is 2.03. The summed E-state index contributed by atoms with van der Waals surface area (Å²) in [5, 5.41) is 4.80. The zero-order chi connectivity index (χ0) is 9.84. The van der Waals surface area contributed by atoms with Crippen molar-refractivity contribution >= 4 is 27.8 Å². The maximum atomic E-state index is 11.1. The summed E-state index contributed by atoms with van der Waals surface area (Å²) in [5.74, 6) is 0.354. The standard InChI is InChI=1S/C7H8BrN3O2/c1-9-7(13)11-6-2-5(12)4(8)3-10-6/h2-3H,1H3,(H3,9,10,11,12,13). The third-order valence-corrected chi connectivity index (χ3v) is 1.96. The Morgan fingerprint density at radius 3 is 2.85 bits per heavy atom. The second kappa shape index (κ2) is 4.08. The second-order valence-corrected chi connectivity index (χ2v) is 3.12. The molecule has 0 bridgehead atoms. The molecule has 3 N–H and O–H groups in total. The molecule has 1 rings (SSSR count). The SMILES string of the molecule is CNC(=O)Nc1cc(=O)c(Br)c[nH]1. The highest BCUT2D eigenvalue weighted by molar-refractivity contribution is 9.10. The molecule has 0 aromatic carbocycles. The van der Waals surface area contributed by atoms with Crippen LogP contribution in [0.25, 0.3) is 0 Å². The maximum Gasteiger partial charge on any atom is 0.320 e. The zero-order valence-corrected chi connectivity index (χ0v) is 8.44. The molecule has 1 aromatic heterocycles. The van der Waals surface area contributed by atoms with Crippen molar-refractivity contribution in [3.8, 4) is 0 Å². The van der Waals surface area contributed by atoms with E-state index in [1.165, 1.54) is 19.3 Å². The van der Waals surface area contributed by atoms with Gasteiger partial charge in [0.05, 0.1) is 4.47 Å². The summed E-state index contributed by atoms with van der Waals surface area (Å²) in [5.41, 5.74) is -0.190. The van der Waals surface area contributed by atoms with Crippen LogP contribution in [0.1, 0.15) is 0 Å². The van der Waals surface area contributed by atoms with E-state index in [1.54, 1.807) is 0 Å². The second-order valence-electron chi connectivity index (χ2n) is 2.26. The average Bonchev–Trinajstić information content (AvgIpc) is 2.11. The van der Waals surface area contributed by atoms with E-state index in [9.17, 15) is 9.59 Å². The van der Waals surface area contributed by atoms with E-state index < -0.39 is 0 Å². The van der Waals surface area contributed by atoms with E-state index >= 15 is 0 Å². The quantitative estimate of drug-likeness (QED) is 0.688. The van der Waals surface area contributed by atoms with Gasteiger partial charge < -0.3 is 10.3 Å². The van der Waals surface area contributed by atoms with Crippen LogP contribution in [0.3, 0.4) is 0 Å². The molecule has 0 aliphatic rings. The van der Waals surface area contributed by atoms with E-state index in [2.05, 4.69) is 31.5 Å². The summed E-state index contributed by atoms with van der Waals surface area (Å²) in [6, 6.07) is 0.914. The van der Waals surface area contributed by atoms with Gasteiger partial charge in [-0.1, -0.05) is 0 Å². The van der Waals surface area contributed by atoms with Crippen LogP contribution in [-0.2, 0) is 0 Å². The molecule has 0 fully saturated rings. The predicted molar refractivity (Wildman–Crippen MR) is 52.8 cm³/mol. The van der Waals surface area contributed by atoms with Crippen molar-refractivity contribution in [1.82, 2.24) is 10.3 Å². The number of carbonyl (C=O) groups excluding carboxylic acids is 1. The van der Waals surface area contributed by atoms with E-state index in [0.29, 0.717) is 10.3 Å². The van der Waals surface area contributed by atoms with E-state index in [0.717, 1.165) is 0 Å². The largest absolute Gasteiger partial charge is 0.347 e. The van der Waals surface area contributed by atoms with Crippen molar-refractivity contribution in [3.63, 3.8) is 0 Å². The van der Waals surface area contributed by atoms with Gasteiger partial charge in [-0.05, 0) is 15.9 Å². The Morgan fingerprint density at radius 2 is 2.31 bits per heavy atom. The van der Waals surface area contributed by atoms with E-state index in [-0.39, 0.29) is 11.5 Å². The van der Waals surface area contributed by atoms with Crippen LogP contribution in [0.5, 0.6) is 0 Å². The fraction of sp³-hybridized carbons (Fsp3) is 0.143. The maximum absolute atomic E-state index is 11.1. The highest BCUT2D eigenvalue weighted by Gasteiger charge is 2.00. The number of urea groups is 1. The van der Waals surface area contributed by atoms with Gasteiger partial charge in [-0.15, -0.1) is 0 Å². The van der Waals surface area contributed by atoms with Crippen molar-refractivity contribution in [2.24, 2.45) is 0 Å².